The third-order valence-electron chi connectivity index (χ3n) is 4.65. The molecule has 25 heavy (non-hydrogen) atoms. The van der Waals surface area contributed by atoms with Gasteiger partial charge in [0.1, 0.15) is 5.54 Å². The van der Waals surface area contributed by atoms with Crippen molar-refractivity contribution >= 4 is 11.9 Å². The molecule has 0 radical (unpaired) electrons. The number of methoxy groups -OCH3 is 3. The Labute approximate surface area is 147 Å². The number of carbonyl (C=O) groups is 2. The molecule has 0 aromatic heterocycles. The maximum Gasteiger partial charge on any atom is 0.329 e. The van der Waals surface area contributed by atoms with Crippen LogP contribution in [-0.4, -0.2) is 43.9 Å². The molecule has 1 fully saturated rings. The molecule has 1 aromatic carbocycles. The Hall–Kier alpha value is -2.44. The fourth-order valence-electron chi connectivity index (χ4n) is 3.31. The number of carbonyl (C=O) groups excluding carboxylic acids is 1. The van der Waals surface area contributed by atoms with Crippen LogP contribution < -0.4 is 19.5 Å². The summed E-state index contributed by atoms with van der Waals surface area (Å²) in [6.07, 6.45) is 3.17. The van der Waals surface area contributed by atoms with E-state index in [0.717, 1.165) is 18.4 Å². The molecule has 1 aliphatic carbocycles. The summed E-state index contributed by atoms with van der Waals surface area (Å²) in [6.45, 7) is 0. The van der Waals surface area contributed by atoms with Crippen LogP contribution in [0.15, 0.2) is 12.1 Å². The third-order valence-corrected chi connectivity index (χ3v) is 4.65. The van der Waals surface area contributed by atoms with Gasteiger partial charge in [0.25, 0.3) is 0 Å². The van der Waals surface area contributed by atoms with Gasteiger partial charge in [0.05, 0.1) is 21.3 Å². The lowest BCUT2D eigenvalue weighted by molar-refractivity contribution is -0.147. The van der Waals surface area contributed by atoms with Gasteiger partial charge in [-0.05, 0) is 30.9 Å². The maximum atomic E-state index is 12.3. The largest absolute Gasteiger partial charge is 0.493 e. The van der Waals surface area contributed by atoms with Crippen molar-refractivity contribution in [3.8, 4) is 17.2 Å². The van der Waals surface area contributed by atoms with Gasteiger partial charge in [-0.15, -0.1) is 0 Å². The van der Waals surface area contributed by atoms with Crippen molar-refractivity contribution < 1.29 is 28.9 Å². The molecule has 2 N–H and O–H groups in total. The number of nitrogens with one attached hydrogen (secondary N) is 1. The van der Waals surface area contributed by atoms with E-state index >= 15 is 0 Å². The summed E-state index contributed by atoms with van der Waals surface area (Å²) in [5.41, 5.74) is -0.315. The quantitative estimate of drug-likeness (QED) is 0.745. The SMILES string of the molecule is COc1ccc(CCC(=O)NC2(C(=O)O)CCCC2)c(OC)c1OC. The molecule has 1 saturated carbocycles. The van der Waals surface area contributed by atoms with Crippen LogP contribution in [0.5, 0.6) is 17.2 Å². The predicted molar refractivity (Wildman–Crippen MR) is 91.4 cm³/mol. The number of amides is 1. The van der Waals surface area contributed by atoms with Gasteiger partial charge in [-0.2, -0.15) is 0 Å². The Morgan fingerprint density at radius 1 is 1.08 bits per heavy atom. The third kappa shape index (κ3) is 3.97. The fraction of sp³-hybridized carbons (Fsp3) is 0.556. The first-order chi connectivity index (χ1) is 12.0. The number of hydrogen-bond donors (Lipinski definition) is 2. The van der Waals surface area contributed by atoms with Crippen molar-refractivity contribution in [1.29, 1.82) is 0 Å². The number of rotatable bonds is 8. The summed E-state index contributed by atoms with van der Waals surface area (Å²) < 4.78 is 16.0. The van der Waals surface area contributed by atoms with Crippen LogP contribution in [0.3, 0.4) is 0 Å². The predicted octanol–water partition coefficient (Wildman–Crippen LogP) is 2.16. The molecular formula is C18H25NO6. The maximum absolute atomic E-state index is 12.3. The van der Waals surface area contributed by atoms with E-state index in [2.05, 4.69) is 5.32 Å². The Balaban J connectivity index is 2.08. The van der Waals surface area contributed by atoms with Crippen molar-refractivity contribution in [2.45, 2.75) is 44.1 Å². The molecule has 138 valence electrons. The van der Waals surface area contributed by atoms with Gasteiger partial charge >= 0.3 is 5.97 Å². The molecule has 0 spiro atoms. The van der Waals surface area contributed by atoms with E-state index in [1.54, 1.807) is 6.07 Å². The van der Waals surface area contributed by atoms with Gasteiger partial charge in [-0.25, -0.2) is 4.79 Å². The number of benzene rings is 1. The van der Waals surface area contributed by atoms with Crippen LogP contribution in [0.2, 0.25) is 0 Å². The molecule has 1 amide bonds. The summed E-state index contributed by atoms with van der Waals surface area (Å²) in [5, 5.41) is 12.2. The molecule has 7 nitrogen and oxygen atoms in total. The minimum Gasteiger partial charge on any atom is -0.493 e. The molecule has 0 unspecified atom stereocenters. The molecular weight excluding hydrogens is 326 g/mol. The lowest BCUT2D eigenvalue weighted by atomic mass is 9.97. The van der Waals surface area contributed by atoms with Crippen LogP contribution in [0.4, 0.5) is 0 Å². The highest BCUT2D eigenvalue weighted by atomic mass is 16.5. The average Bonchev–Trinajstić information content (AvgIpc) is 3.08. The Bertz CT molecular complexity index is 637. The molecule has 0 aliphatic heterocycles. The first kappa shape index (κ1) is 18.9. The van der Waals surface area contributed by atoms with E-state index in [0.29, 0.717) is 36.5 Å². The van der Waals surface area contributed by atoms with E-state index in [1.807, 2.05) is 6.07 Å². The van der Waals surface area contributed by atoms with E-state index < -0.39 is 11.5 Å². The smallest absolute Gasteiger partial charge is 0.329 e. The highest BCUT2D eigenvalue weighted by molar-refractivity contribution is 5.87. The zero-order chi connectivity index (χ0) is 18.4. The topological polar surface area (TPSA) is 94.1 Å². The van der Waals surface area contributed by atoms with Crippen molar-refractivity contribution in [1.82, 2.24) is 5.32 Å². The Kier molecular flexibility index (Phi) is 6.12. The van der Waals surface area contributed by atoms with E-state index in [1.165, 1.54) is 21.3 Å². The Morgan fingerprint density at radius 3 is 2.24 bits per heavy atom. The van der Waals surface area contributed by atoms with Gasteiger partial charge in [0, 0.05) is 6.42 Å². The number of hydrogen-bond acceptors (Lipinski definition) is 5. The summed E-state index contributed by atoms with van der Waals surface area (Å²) in [6, 6.07) is 3.57. The Morgan fingerprint density at radius 2 is 1.72 bits per heavy atom. The number of ether oxygens (including phenoxy) is 3. The second kappa shape index (κ2) is 8.09. The lowest BCUT2D eigenvalue weighted by Crippen LogP contribution is -2.52. The van der Waals surface area contributed by atoms with Crippen molar-refractivity contribution in [2.75, 3.05) is 21.3 Å². The second-order valence-electron chi connectivity index (χ2n) is 6.14. The molecule has 7 heteroatoms. The summed E-state index contributed by atoms with van der Waals surface area (Å²) in [4.78, 5) is 23.8. The summed E-state index contributed by atoms with van der Waals surface area (Å²) in [7, 11) is 4.59. The van der Waals surface area contributed by atoms with Gasteiger partial charge in [0.15, 0.2) is 11.5 Å². The minimum absolute atomic E-state index is 0.168. The van der Waals surface area contributed by atoms with E-state index in [4.69, 9.17) is 14.2 Å². The van der Waals surface area contributed by atoms with Crippen molar-refractivity contribution in [2.24, 2.45) is 0 Å². The normalized spacial score (nSPS) is 15.5. The molecule has 0 heterocycles. The van der Waals surface area contributed by atoms with Gasteiger partial charge in [0.2, 0.25) is 11.7 Å². The van der Waals surface area contributed by atoms with Gasteiger partial charge < -0.3 is 24.6 Å². The van der Waals surface area contributed by atoms with Gasteiger partial charge in [-0.1, -0.05) is 18.9 Å². The van der Waals surface area contributed by atoms with Crippen LogP contribution in [0.1, 0.15) is 37.7 Å². The fourth-order valence-corrected chi connectivity index (χ4v) is 3.31. The standard InChI is InChI=1S/C18H25NO6/c1-23-13-8-6-12(15(24-2)16(13)25-3)7-9-14(20)19-18(17(21)22)10-4-5-11-18/h6,8H,4-5,7,9-11H2,1-3H3,(H,19,20)(H,21,22). The number of carboxylic acids is 1. The molecule has 0 bridgehead atoms. The highest BCUT2D eigenvalue weighted by Gasteiger charge is 2.42. The van der Waals surface area contributed by atoms with Gasteiger partial charge in [-0.3, -0.25) is 4.79 Å². The zero-order valence-electron chi connectivity index (χ0n) is 14.9. The zero-order valence-corrected chi connectivity index (χ0v) is 14.9. The van der Waals surface area contributed by atoms with Crippen LogP contribution >= 0.6 is 0 Å². The van der Waals surface area contributed by atoms with Crippen molar-refractivity contribution in [3.63, 3.8) is 0 Å². The molecule has 0 atom stereocenters. The first-order valence-electron chi connectivity index (χ1n) is 8.29. The number of aryl methyl sites for hydroxylation is 1. The molecule has 1 aromatic rings. The van der Waals surface area contributed by atoms with Crippen LogP contribution in [0, 0.1) is 0 Å². The molecule has 2 rings (SSSR count). The van der Waals surface area contributed by atoms with E-state index in [9.17, 15) is 14.7 Å². The second-order valence-corrected chi connectivity index (χ2v) is 6.14. The molecule has 0 saturated heterocycles. The lowest BCUT2D eigenvalue weighted by Gasteiger charge is -2.25. The number of carboxylic acid groups (broad SMARTS) is 1. The molecule has 1 aliphatic rings. The monoisotopic (exact) mass is 351 g/mol. The van der Waals surface area contributed by atoms with E-state index in [-0.39, 0.29) is 12.3 Å². The van der Waals surface area contributed by atoms with Crippen LogP contribution in [0.25, 0.3) is 0 Å². The average molecular weight is 351 g/mol. The van der Waals surface area contributed by atoms with Crippen LogP contribution in [-0.2, 0) is 16.0 Å². The highest BCUT2D eigenvalue weighted by Crippen LogP contribution is 2.40. The first-order valence-corrected chi connectivity index (χ1v) is 8.29. The van der Waals surface area contributed by atoms with Crippen molar-refractivity contribution in [3.05, 3.63) is 17.7 Å². The summed E-state index contributed by atoms with van der Waals surface area (Å²) in [5.74, 6) is 0.302. The summed E-state index contributed by atoms with van der Waals surface area (Å²) >= 11 is 0. The number of aliphatic carboxylic acids is 1. The minimum atomic E-state index is -1.11.